The highest BCUT2D eigenvalue weighted by Crippen LogP contribution is 2.27. The zero-order chi connectivity index (χ0) is 16.8. The number of carboxylic acid groups (broad SMARTS) is 1. The Balaban J connectivity index is 2.08. The van der Waals surface area contributed by atoms with Crippen molar-refractivity contribution in [3.05, 3.63) is 35.6 Å². The van der Waals surface area contributed by atoms with Gasteiger partial charge in [-0.1, -0.05) is 38.0 Å². The fourth-order valence-corrected chi connectivity index (χ4v) is 2.71. The minimum Gasteiger partial charge on any atom is -0.480 e. The van der Waals surface area contributed by atoms with Gasteiger partial charge in [0.25, 0.3) is 0 Å². The SMILES string of the molecule is CCCCC(NC(=O)C1CNNC1c1ccccc1F)C(=O)O. The number of hydrazine groups is 1. The second kappa shape index (κ2) is 8.03. The first-order chi connectivity index (χ1) is 11.0. The van der Waals surface area contributed by atoms with E-state index in [9.17, 15) is 19.1 Å². The number of hydrogen-bond acceptors (Lipinski definition) is 4. The zero-order valence-corrected chi connectivity index (χ0v) is 13.0. The molecule has 1 aromatic carbocycles. The number of carbonyl (C=O) groups excluding carboxylic acids is 1. The van der Waals surface area contributed by atoms with E-state index >= 15 is 0 Å². The number of halogens is 1. The summed E-state index contributed by atoms with van der Waals surface area (Å²) >= 11 is 0. The highest BCUT2D eigenvalue weighted by molar-refractivity contribution is 5.85. The van der Waals surface area contributed by atoms with Gasteiger partial charge < -0.3 is 10.4 Å². The fraction of sp³-hybridized carbons (Fsp3) is 0.500. The molecule has 0 bridgehead atoms. The molecule has 0 aliphatic carbocycles. The van der Waals surface area contributed by atoms with Crippen LogP contribution in [0, 0.1) is 11.7 Å². The first-order valence-electron chi connectivity index (χ1n) is 7.80. The van der Waals surface area contributed by atoms with E-state index in [1.165, 1.54) is 6.07 Å². The van der Waals surface area contributed by atoms with Crippen molar-refractivity contribution < 1.29 is 19.1 Å². The van der Waals surface area contributed by atoms with Gasteiger partial charge in [-0.3, -0.25) is 10.2 Å². The molecule has 1 amide bonds. The lowest BCUT2D eigenvalue weighted by Gasteiger charge is -2.21. The number of carbonyl (C=O) groups is 2. The van der Waals surface area contributed by atoms with E-state index in [0.717, 1.165) is 12.8 Å². The molecule has 2 rings (SSSR count). The monoisotopic (exact) mass is 323 g/mol. The van der Waals surface area contributed by atoms with E-state index in [1.807, 2.05) is 6.92 Å². The molecule has 1 fully saturated rings. The first kappa shape index (κ1) is 17.4. The number of benzene rings is 1. The molecule has 0 aromatic heterocycles. The predicted molar refractivity (Wildman–Crippen MR) is 82.9 cm³/mol. The third-order valence-corrected chi connectivity index (χ3v) is 4.02. The molecule has 6 nitrogen and oxygen atoms in total. The maximum Gasteiger partial charge on any atom is 0.326 e. The van der Waals surface area contributed by atoms with Gasteiger partial charge in [0.2, 0.25) is 5.91 Å². The molecule has 0 radical (unpaired) electrons. The van der Waals surface area contributed by atoms with Crippen LogP contribution < -0.4 is 16.2 Å². The molecule has 0 spiro atoms. The van der Waals surface area contributed by atoms with E-state index in [1.54, 1.807) is 18.2 Å². The number of amides is 1. The minimum atomic E-state index is -1.05. The molecule has 0 saturated carbocycles. The highest BCUT2D eigenvalue weighted by Gasteiger charge is 2.36. The van der Waals surface area contributed by atoms with Crippen LogP contribution in [0.2, 0.25) is 0 Å². The Morgan fingerprint density at radius 3 is 2.83 bits per heavy atom. The molecule has 1 heterocycles. The number of unbranched alkanes of at least 4 members (excludes halogenated alkanes) is 1. The maximum atomic E-state index is 13.9. The van der Waals surface area contributed by atoms with Crippen molar-refractivity contribution >= 4 is 11.9 Å². The normalized spacial score (nSPS) is 21.8. The molecular weight excluding hydrogens is 301 g/mol. The van der Waals surface area contributed by atoms with Gasteiger partial charge in [0.15, 0.2) is 0 Å². The standard InChI is InChI=1S/C16H22FN3O3/c1-2-3-8-13(16(22)23)19-15(21)11-9-18-20-14(11)10-6-4-5-7-12(10)17/h4-7,11,13-14,18,20H,2-3,8-9H2,1H3,(H,19,21)(H,22,23). The van der Waals surface area contributed by atoms with Crippen molar-refractivity contribution in [2.45, 2.75) is 38.3 Å². The van der Waals surface area contributed by atoms with E-state index in [2.05, 4.69) is 16.2 Å². The molecule has 3 atom stereocenters. The average Bonchev–Trinajstić information content (AvgIpc) is 3.00. The van der Waals surface area contributed by atoms with Crippen LogP contribution in [0.4, 0.5) is 4.39 Å². The van der Waals surface area contributed by atoms with Crippen LogP contribution in [0.5, 0.6) is 0 Å². The molecule has 7 heteroatoms. The minimum absolute atomic E-state index is 0.310. The van der Waals surface area contributed by atoms with Crippen LogP contribution >= 0.6 is 0 Å². The van der Waals surface area contributed by atoms with Gasteiger partial charge in [-0.15, -0.1) is 0 Å². The molecule has 126 valence electrons. The summed E-state index contributed by atoms with van der Waals surface area (Å²) in [6, 6.07) is 4.80. The second-order valence-electron chi connectivity index (χ2n) is 5.67. The Morgan fingerprint density at radius 1 is 1.43 bits per heavy atom. The first-order valence-corrected chi connectivity index (χ1v) is 7.80. The number of nitrogens with one attached hydrogen (secondary N) is 3. The molecule has 3 unspecified atom stereocenters. The molecule has 1 aliphatic heterocycles. The van der Waals surface area contributed by atoms with Crippen molar-refractivity contribution in [3.63, 3.8) is 0 Å². The zero-order valence-electron chi connectivity index (χ0n) is 13.0. The fourth-order valence-electron chi connectivity index (χ4n) is 2.71. The molecule has 1 saturated heterocycles. The Labute approximate surface area is 134 Å². The Kier molecular flexibility index (Phi) is 6.06. The topological polar surface area (TPSA) is 90.5 Å². The van der Waals surface area contributed by atoms with Crippen LogP contribution in [0.25, 0.3) is 0 Å². The van der Waals surface area contributed by atoms with Crippen molar-refractivity contribution in [1.82, 2.24) is 16.2 Å². The lowest BCUT2D eigenvalue weighted by Crippen LogP contribution is -2.45. The van der Waals surface area contributed by atoms with E-state index in [4.69, 9.17) is 0 Å². The highest BCUT2D eigenvalue weighted by atomic mass is 19.1. The second-order valence-corrected chi connectivity index (χ2v) is 5.67. The summed E-state index contributed by atoms with van der Waals surface area (Å²) in [5, 5.41) is 11.8. The lowest BCUT2D eigenvalue weighted by molar-refractivity contribution is -0.142. The Hall–Kier alpha value is -1.99. The van der Waals surface area contributed by atoms with Gasteiger partial charge in [0, 0.05) is 12.1 Å². The molecule has 23 heavy (non-hydrogen) atoms. The van der Waals surface area contributed by atoms with Crippen molar-refractivity contribution in [2.75, 3.05) is 6.54 Å². The third-order valence-electron chi connectivity index (χ3n) is 4.02. The smallest absolute Gasteiger partial charge is 0.326 e. The van der Waals surface area contributed by atoms with Crippen LogP contribution in [0.1, 0.15) is 37.8 Å². The summed E-state index contributed by atoms with van der Waals surface area (Å²) in [4.78, 5) is 23.7. The van der Waals surface area contributed by atoms with Gasteiger partial charge in [-0.25, -0.2) is 14.6 Å². The van der Waals surface area contributed by atoms with Crippen LogP contribution in [0.3, 0.4) is 0 Å². The Bertz CT molecular complexity index is 567. The van der Waals surface area contributed by atoms with Crippen molar-refractivity contribution in [1.29, 1.82) is 0 Å². The average molecular weight is 323 g/mol. The van der Waals surface area contributed by atoms with Crippen molar-refractivity contribution in [2.24, 2.45) is 5.92 Å². The van der Waals surface area contributed by atoms with E-state index in [-0.39, 0.29) is 5.91 Å². The van der Waals surface area contributed by atoms with Crippen LogP contribution in [-0.2, 0) is 9.59 Å². The molecular formula is C16H22FN3O3. The van der Waals surface area contributed by atoms with Gasteiger partial charge in [-0.05, 0) is 12.5 Å². The molecule has 4 N–H and O–H groups in total. The largest absolute Gasteiger partial charge is 0.480 e. The van der Waals surface area contributed by atoms with E-state index < -0.39 is 29.8 Å². The van der Waals surface area contributed by atoms with E-state index in [0.29, 0.717) is 18.5 Å². The number of hydrogen-bond donors (Lipinski definition) is 4. The van der Waals surface area contributed by atoms with Gasteiger partial charge in [0.05, 0.1) is 12.0 Å². The third kappa shape index (κ3) is 4.27. The molecule has 1 aliphatic rings. The van der Waals surface area contributed by atoms with Gasteiger partial charge in [-0.2, -0.15) is 0 Å². The number of aliphatic carboxylic acids is 1. The Morgan fingerprint density at radius 2 is 2.17 bits per heavy atom. The van der Waals surface area contributed by atoms with Gasteiger partial charge in [0.1, 0.15) is 11.9 Å². The summed E-state index contributed by atoms with van der Waals surface area (Å²) in [5.74, 6) is -2.41. The lowest BCUT2D eigenvalue weighted by atomic mass is 9.93. The number of rotatable bonds is 7. The maximum absolute atomic E-state index is 13.9. The quantitative estimate of drug-likeness (QED) is 0.608. The summed E-state index contributed by atoms with van der Waals surface area (Å²) < 4.78 is 13.9. The van der Waals surface area contributed by atoms with Crippen molar-refractivity contribution in [3.8, 4) is 0 Å². The summed E-state index contributed by atoms with van der Waals surface area (Å²) in [6.07, 6.45) is 1.95. The summed E-state index contributed by atoms with van der Waals surface area (Å²) in [7, 11) is 0. The van der Waals surface area contributed by atoms with Crippen LogP contribution in [-0.4, -0.2) is 29.6 Å². The van der Waals surface area contributed by atoms with Crippen LogP contribution in [0.15, 0.2) is 24.3 Å². The summed E-state index contributed by atoms with van der Waals surface area (Å²) in [5.41, 5.74) is 6.13. The number of carboxylic acids is 1. The van der Waals surface area contributed by atoms with Gasteiger partial charge >= 0.3 is 5.97 Å². The predicted octanol–water partition coefficient (Wildman–Crippen LogP) is 1.35. The summed E-state index contributed by atoms with van der Waals surface area (Å²) in [6.45, 7) is 2.27. The molecule has 1 aromatic rings.